The molecule has 1 saturated heterocycles. The minimum atomic E-state index is -3.76. The Hall–Kier alpha value is -2.98. The van der Waals surface area contributed by atoms with Crippen LogP contribution in [0.2, 0.25) is 0 Å². The Morgan fingerprint density at radius 3 is 2.53 bits per heavy atom. The Kier molecular flexibility index (Phi) is 6.43. The number of anilines is 1. The number of sulfonamides is 1. The smallest absolute Gasteiger partial charge is 0.265 e. The van der Waals surface area contributed by atoms with Gasteiger partial charge in [0.15, 0.2) is 6.61 Å². The summed E-state index contributed by atoms with van der Waals surface area (Å²) in [7, 11) is -3.76. The first-order valence-corrected chi connectivity index (χ1v) is 11.9. The van der Waals surface area contributed by atoms with Gasteiger partial charge in [0.25, 0.3) is 5.91 Å². The van der Waals surface area contributed by atoms with E-state index in [0.717, 1.165) is 12.1 Å². The summed E-state index contributed by atoms with van der Waals surface area (Å²) in [6.45, 7) is 1.29. The van der Waals surface area contributed by atoms with Crippen molar-refractivity contribution in [3.8, 4) is 5.75 Å². The van der Waals surface area contributed by atoms with Crippen LogP contribution < -0.4 is 9.64 Å². The number of fused-ring (bicyclic) bond motifs is 1. The number of benzene rings is 2. The summed E-state index contributed by atoms with van der Waals surface area (Å²) < 4.78 is 45.6. The molecule has 2 heterocycles. The molecule has 0 bridgehead atoms. The van der Waals surface area contributed by atoms with Crippen molar-refractivity contribution in [2.24, 2.45) is 0 Å². The highest BCUT2D eigenvalue weighted by Gasteiger charge is 2.30. The number of hydrogen-bond donors (Lipinski definition) is 0. The standard InChI is InChI=1S/C22H24FN3O5S/c23-17-6-8-18(9-7-17)32(29,30)25-12-3-11-24(14-15-25)21(27)10-13-26-19-4-1-2-5-20(19)31-16-22(26)28/h1-2,4-9H,3,10-16H2. The normalized spacial score (nSPS) is 17.5. The van der Waals surface area contributed by atoms with Gasteiger partial charge in [-0.3, -0.25) is 9.59 Å². The van der Waals surface area contributed by atoms with Crippen LogP contribution in [0, 0.1) is 5.82 Å². The average molecular weight is 462 g/mol. The van der Waals surface area contributed by atoms with E-state index in [4.69, 9.17) is 4.74 Å². The van der Waals surface area contributed by atoms with E-state index in [9.17, 15) is 22.4 Å². The number of halogens is 1. The zero-order chi connectivity index (χ0) is 22.7. The maximum Gasteiger partial charge on any atom is 0.265 e. The number of nitrogens with zero attached hydrogens (tertiary/aromatic N) is 3. The molecule has 10 heteroatoms. The van der Waals surface area contributed by atoms with Gasteiger partial charge in [0, 0.05) is 39.1 Å². The van der Waals surface area contributed by atoms with E-state index < -0.39 is 15.8 Å². The number of para-hydroxylation sites is 2. The quantitative estimate of drug-likeness (QED) is 0.679. The molecule has 2 amide bonds. The first-order valence-electron chi connectivity index (χ1n) is 10.4. The third-order valence-electron chi connectivity index (χ3n) is 5.62. The van der Waals surface area contributed by atoms with Crippen molar-refractivity contribution in [3.05, 3.63) is 54.3 Å². The highest BCUT2D eigenvalue weighted by Crippen LogP contribution is 2.31. The van der Waals surface area contributed by atoms with E-state index in [2.05, 4.69) is 0 Å². The predicted octanol–water partition coefficient (Wildman–Crippen LogP) is 1.86. The van der Waals surface area contributed by atoms with Gasteiger partial charge in [-0.15, -0.1) is 0 Å². The second kappa shape index (κ2) is 9.25. The fourth-order valence-electron chi connectivity index (χ4n) is 3.90. The van der Waals surface area contributed by atoms with E-state index in [0.29, 0.717) is 24.4 Å². The summed E-state index contributed by atoms with van der Waals surface area (Å²) in [5.74, 6) is -0.235. The average Bonchev–Trinajstić information content (AvgIpc) is 3.05. The Morgan fingerprint density at radius 1 is 1.00 bits per heavy atom. The summed E-state index contributed by atoms with van der Waals surface area (Å²) in [6, 6.07) is 11.9. The van der Waals surface area contributed by atoms with E-state index in [-0.39, 0.29) is 55.9 Å². The molecule has 2 aliphatic rings. The minimum absolute atomic E-state index is 0.0307. The molecule has 4 rings (SSSR count). The topological polar surface area (TPSA) is 87.2 Å². The molecule has 32 heavy (non-hydrogen) atoms. The van der Waals surface area contributed by atoms with Crippen LogP contribution in [0.1, 0.15) is 12.8 Å². The van der Waals surface area contributed by atoms with Crippen LogP contribution in [0.4, 0.5) is 10.1 Å². The van der Waals surface area contributed by atoms with Crippen LogP contribution in [0.3, 0.4) is 0 Å². The van der Waals surface area contributed by atoms with Gasteiger partial charge in [-0.2, -0.15) is 4.31 Å². The summed E-state index contributed by atoms with van der Waals surface area (Å²) in [6.07, 6.45) is 0.621. The molecule has 170 valence electrons. The van der Waals surface area contributed by atoms with Crippen LogP contribution in [-0.4, -0.2) is 68.8 Å². The fourth-order valence-corrected chi connectivity index (χ4v) is 5.37. The van der Waals surface area contributed by atoms with Gasteiger partial charge < -0.3 is 14.5 Å². The van der Waals surface area contributed by atoms with Crippen molar-refractivity contribution in [2.75, 3.05) is 44.2 Å². The van der Waals surface area contributed by atoms with Crippen molar-refractivity contribution in [2.45, 2.75) is 17.7 Å². The summed E-state index contributed by atoms with van der Waals surface area (Å²) in [5.41, 5.74) is 0.643. The zero-order valence-corrected chi connectivity index (χ0v) is 18.3. The second-order valence-electron chi connectivity index (χ2n) is 7.64. The minimum Gasteiger partial charge on any atom is -0.482 e. The van der Waals surface area contributed by atoms with Crippen LogP contribution >= 0.6 is 0 Å². The molecule has 8 nitrogen and oxygen atoms in total. The highest BCUT2D eigenvalue weighted by atomic mass is 32.2. The molecule has 2 aromatic carbocycles. The van der Waals surface area contributed by atoms with Gasteiger partial charge in [0.1, 0.15) is 11.6 Å². The number of carbonyl (C=O) groups excluding carboxylic acids is 2. The molecular weight excluding hydrogens is 437 g/mol. The van der Waals surface area contributed by atoms with Gasteiger partial charge in [0.05, 0.1) is 10.6 Å². The van der Waals surface area contributed by atoms with Crippen molar-refractivity contribution in [3.63, 3.8) is 0 Å². The maximum atomic E-state index is 13.2. The lowest BCUT2D eigenvalue weighted by Crippen LogP contribution is -2.42. The monoisotopic (exact) mass is 461 g/mol. The molecule has 1 fully saturated rings. The largest absolute Gasteiger partial charge is 0.482 e. The van der Waals surface area contributed by atoms with Crippen LogP contribution in [-0.2, 0) is 19.6 Å². The molecule has 0 aromatic heterocycles. The van der Waals surface area contributed by atoms with Gasteiger partial charge in [-0.05, 0) is 42.8 Å². The van der Waals surface area contributed by atoms with Crippen LogP contribution in [0.15, 0.2) is 53.4 Å². The summed E-state index contributed by atoms with van der Waals surface area (Å²) >= 11 is 0. The van der Waals surface area contributed by atoms with Gasteiger partial charge in [0.2, 0.25) is 15.9 Å². The first-order chi connectivity index (χ1) is 15.4. The molecule has 0 N–H and O–H groups in total. The lowest BCUT2D eigenvalue weighted by molar-refractivity contribution is -0.130. The Balaban J connectivity index is 1.37. The number of hydrogen-bond acceptors (Lipinski definition) is 5. The molecule has 0 aliphatic carbocycles. The van der Waals surface area contributed by atoms with E-state index in [1.807, 2.05) is 6.07 Å². The highest BCUT2D eigenvalue weighted by molar-refractivity contribution is 7.89. The van der Waals surface area contributed by atoms with Crippen LogP contribution in [0.5, 0.6) is 5.75 Å². The number of carbonyl (C=O) groups is 2. The lowest BCUT2D eigenvalue weighted by atomic mass is 10.2. The molecule has 0 saturated carbocycles. The first kappa shape index (κ1) is 22.2. The van der Waals surface area contributed by atoms with Crippen molar-refractivity contribution in [1.29, 1.82) is 0 Å². The molecule has 0 atom stereocenters. The number of ether oxygens (including phenoxy) is 1. The SMILES string of the molecule is O=C(CCN1C(=O)COc2ccccc21)N1CCCN(S(=O)(=O)c2ccc(F)cc2)CC1. The Labute approximate surface area is 186 Å². The van der Waals surface area contributed by atoms with Gasteiger partial charge in [-0.25, -0.2) is 12.8 Å². The second-order valence-corrected chi connectivity index (χ2v) is 9.58. The molecule has 0 spiro atoms. The van der Waals surface area contributed by atoms with Crippen molar-refractivity contribution >= 4 is 27.5 Å². The predicted molar refractivity (Wildman–Crippen MR) is 115 cm³/mol. The van der Waals surface area contributed by atoms with E-state index in [1.54, 1.807) is 28.0 Å². The summed E-state index contributed by atoms with van der Waals surface area (Å²) in [4.78, 5) is 28.3. The lowest BCUT2D eigenvalue weighted by Gasteiger charge is -2.30. The maximum absolute atomic E-state index is 13.2. The Morgan fingerprint density at radius 2 is 1.75 bits per heavy atom. The number of rotatable bonds is 5. The third-order valence-corrected chi connectivity index (χ3v) is 7.53. The van der Waals surface area contributed by atoms with Crippen LogP contribution in [0.25, 0.3) is 0 Å². The summed E-state index contributed by atoms with van der Waals surface area (Å²) in [5, 5.41) is 0. The van der Waals surface area contributed by atoms with E-state index >= 15 is 0 Å². The van der Waals surface area contributed by atoms with Crippen molar-refractivity contribution in [1.82, 2.24) is 9.21 Å². The van der Waals surface area contributed by atoms with E-state index in [1.165, 1.54) is 16.4 Å². The van der Waals surface area contributed by atoms with Gasteiger partial charge in [-0.1, -0.05) is 12.1 Å². The molecule has 2 aromatic rings. The molecule has 0 unspecified atom stereocenters. The van der Waals surface area contributed by atoms with Gasteiger partial charge >= 0.3 is 0 Å². The Bertz CT molecular complexity index is 1110. The molecule has 0 radical (unpaired) electrons. The number of amides is 2. The van der Waals surface area contributed by atoms with Crippen molar-refractivity contribution < 1.29 is 27.1 Å². The fraction of sp³-hybridized carbons (Fsp3) is 0.364. The molecular formula is C22H24FN3O5S. The zero-order valence-electron chi connectivity index (χ0n) is 17.4. The molecule has 2 aliphatic heterocycles. The third kappa shape index (κ3) is 4.61.